The molecule has 1 heterocycles. The van der Waals surface area contributed by atoms with Gasteiger partial charge >= 0.3 is 0 Å². The molecular formula is C15H17NO2. The Bertz CT molecular complexity index is 524. The van der Waals surface area contributed by atoms with Crippen molar-refractivity contribution in [3.63, 3.8) is 0 Å². The summed E-state index contributed by atoms with van der Waals surface area (Å²) in [6.45, 7) is 2.27. The van der Waals surface area contributed by atoms with Gasteiger partial charge in [-0.1, -0.05) is 30.3 Å². The number of hydrogen-bond acceptors (Lipinski definition) is 3. The monoisotopic (exact) mass is 243 g/mol. The number of aryl methyl sites for hydroxylation is 1. The number of rotatable bonds is 4. The molecular weight excluding hydrogens is 226 g/mol. The van der Waals surface area contributed by atoms with Gasteiger partial charge < -0.3 is 9.84 Å². The van der Waals surface area contributed by atoms with Crippen molar-refractivity contribution in [1.29, 1.82) is 0 Å². The molecule has 0 saturated heterocycles. The fourth-order valence-corrected chi connectivity index (χ4v) is 1.91. The van der Waals surface area contributed by atoms with Crippen LogP contribution < -0.4 is 0 Å². The molecule has 0 bridgehead atoms. The third kappa shape index (κ3) is 2.87. The minimum absolute atomic E-state index is 0.221. The lowest BCUT2D eigenvalue weighted by atomic mass is 10.0. The Morgan fingerprint density at radius 1 is 1.22 bits per heavy atom. The lowest BCUT2D eigenvalue weighted by molar-refractivity contribution is 0.183. The molecule has 0 amide bonds. The molecule has 0 radical (unpaired) electrons. The number of benzene rings is 1. The van der Waals surface area contributed by atoms with Gasteiger partial charge in [0.05, 0.1) is 18.0 Å². The van der Waals surface area contributed by atoms with E-state index in [1.54, 1.807) is 20.1 Å². The van der Waals surface area contributed by atoms with E-state index >= 15 is 0 Å². The van der Waals surface area contributed by atoms with Gasteiger partial charge in [-0.25, -0.2) is 0 Å². The highest BCUT2D eigenvalue weighted by atomic mass is 16.5. The molecule has 94 valence electrons. The third-order valence-corrected chi connectivity index (χ3v) is 2.87. The van der Waals surface area contributed by atoms with Crippen LogP contribution in [0.3, 0.4) is 0 Å². The summed E-state index contributed by atoms with van der Waals surface area (Å²) in [5, 5.41) is 9.70. The summed E-state index contributed by atoms with van der Waals surface area (Å²) < 4.78 is 5.15. The zero-order valence-corrected chi connectivity index (χ0v) is 10.7. The first-order chi connectivity index (χ1) is 8.70. The molecule has 2 aromatic rings. The number of pyridine rings is 1. The molecule has 0 aliphatic rings. The summed E-state index contributed by atoms with van der Waals surface area (Å²) in [5.41, 5.74) is 3.75. The molecule has 1 N–H and O–H groups in total. The topological polar surface area (TPSA) is 42.4 Å². The molecule has 0 fully saturated rings. The zero-order valence-electron chi connectivity index (χ0n) is 10.7. The van der Waals surface area contributed by atoms with Gasteiger partial charge in [0.2, 0.25) is 0 Å². The Morgan fingerprint density at radius 3 is 2.61 bits per heavy atom. The smallest absolute Gasteiger partial charge is 0.137 e. The van der Waals surface area contributed by atoms with Crippen molar-refractivity contribution in [1.82, 2.24) is 4.98 Å². The number of methoxy groups -OCH3 is 1. The van der Waals surface area contributed by atoms with Crippen molar-refractivity contribution in [3.8, 4) is 5.75 Å². The van der Waals surface area contributed by atoms with Crippen molar-refractivity contribution >= 4 is 0 Å². The Hall–Kier alpha value is -1.87. The van der Waals surface area contributed by atoms with Crippen LogP contribution in [0, 0.1) is 6.92 Å². The van der Waals surface area contributed by atoms with Gasteiger partial charge in [0.25, 0.3) is 0 Å². The van der Waals surface area contributed by atoms with Gasteiger partial charge in [0, 0.05) is 19.1 Å². The molecule has 18 heavy (non-hydrogen) atoms. The van der Waals surface area contributed by atoms with Crippen molar-refractivity contribution in [3.05, 3.63) is 58.9 Å². The van der Waals surface area contributed by atoms with Crippen LogP contribution in [-0.4, -0.2) is 17.2 Å². The van der Waals surface area contributed by atoms with Gasteiger partial charge in [0.1, 0.15) is 5.75 Å². The Kier molecular flexibility index (Phi) is 3.95. The number of aromatic nitrogens is 1. The highest BCUT2D eigenvalue weighted by Gasteiger charge is 2.09. The average Bonchev–Trinajstić information content (AvgIpc) is 2.37. The summed E-state index contributed by atoms with van der Waals surface area (Å²) in [5.74, 6) is 0.221. The van der Waals surface area contributed by atoms with Crippen LogP contribution in [0.1, 0.15) is 22.5 Å². The lowest BCUT2D eigenvalue weighted by Crippen LogP contribution is -2.02. The summed E-state index contributed by atoms with van der Waals surface area (Å²) in [6, 6.07) is 11.9. The maximum absolute atomic E-state index is 9.70. The standard InChI is InChI=1S/C15H17NO2/c1-11-15(17)9-13(10-18-2)14(16-11)8-12-6-4-3-5-7-12/h3-7,9,17H,8,10H2,1-2H3. The molecule has 0 spiro atoms. The quantitative estimate of drug-likeness (QED) is 0.897. The normalized spacial score (nSPS) is 10.6. The zero-order chi connectivity index (χ0) is 13.0. The summed E-state index contributed by atoms with van der Waals surface area (Å²) in [7, 11) is 1.64. The summed E-state index contributed by atoms with van der Waals surface area (Å²) in [6.07, 6.45) is 0.751. The number of hydrogen-bond donors (Lipinski definition) is 1. The molecule has 1 aromatic carbocycles. The van der Waals surface area contributed by atoms with E-state index in [0.717, 1.165) is 17.7 Å². The van der Waals surface area contributed by atoms with Crippen molar-refractivity contribution in [2.24, 2.45) is 0 Å². The number of nitrogens with zero attached hydrogens (tertiary/aromatic N) is 1. The first-order valence-electron chi connectivity index (χ1n) is 5.92. The van der Waals surface area contributed by atoms with E-state index in [-0.39, 0.29) is 5.75 Å². The molecule has 0 aliphatic heterocycles. The van der Waals surface area contributed by atoms with E-state index in [4.69, 9.17) is 4.74 Å². The van der Waals surface area contributed by atoms with E-state index in [1.807, 2.05) is 18.2 Å². The van der Waals surface area contributed by atoms with E-state index in [9.17, 15) is 5.11 Å². The predicted molar refractivity (Wildman–Crippen MR) is 70.6 cm³/mol. The minimum atomic E-state index is 0.221. The third-order valence-electron chi connectivity index (χ3n) is 2.87. The summed E-state index contributed by atoms with van der Waals surface area (Å²) in [4.78, 5) is 4.46. The molecule has 0 aliphatic carbocycles. The highest BCUT2D eigenvalue weighted by Crippen LogP contribution is 2.21. The first-order valence-corrected chi connectivity index (χ1v) is 5.92. The predicted octanol–water partition coefficient (Wildman–Crippen LogP) is 2.83. The molecule has 3 heteroatoms. The molecule has 3 nitrogen and oxygen atoms in total. The van der Waals surface area contributed by atoms with Crippen molar-refractivity contribution < 1.29 is 9.84 Å². The average molecular weight is 243 g/mol. The Morgan fingerprint density at radius 2 is 1.94 bits per heavy atom. The van der Waals surface area contributed by atoms with Gasteiger partial charge in [-0.2, -0.15) is 0 Å². The molecule has 0 saturated carbocycles. The van der Waals surface area contributed by atoms with Crippen LogP contribution >= 0.6 is 0 Å². The van der Waals surface area contributed by atoms with Crippen molar-refractivity contribution in [2.75, 3.05) is 7.11 Å². The SMILES string of the molecule is COCc1cc(O)c(C)nc1Cc1ccccc1. The van der Waals surface area contributed by atoms with E-state index in [2.05, 4.69) is 17.1 Å². The van der Waals surface area contributed by atoms with Gasteiger partial charge in [-0.3, -0.25) is 4.98 Å². The van der Waals surface area contributed by atoms with Crippen LogP contribution in [0.2, 0.25) is 0 Å². The maximum atomic E-state index is 9.70. The lowest BCUT2D eigenvalue weighted by Gasteiger charge is -2.10. The minimum Gasteiger partial charge on any atom is -0.506 e. The summed E-state index contributed by atoms with van der Waals surface area (Å²) >= 11 is 0. The van der Waals surface area contributed by atoms with Gasteiger partial charge in [0.15, 0.2) is 0 Å². The molecule has 2 rings (SSSR count). The van der Waals surface area contributed by atoms with Gasteiger partial charge in [-0.05, 0) is 18.6 Å². The van der Waals surface area contributed by atoms with E-state index < -0.39 is 0 Å². The number of aromatic hydroxyl groups is 1. The molecule has 0 unspecified atom stereocenters. The van der Waals surface area contributed by atoms with Crippen LogP contribution in [-0.2, 0) is 17.8 Å². The van der Waals surface area contributed by atoms with E-state index in [1.165, 1.54) is 5.56 Å². The van der Waals surface area contributed by atoms with Crippen LogP contribution in [0.5, 0.6) is 5.75 Å². The Balaban J connectivity index is 2.33. The largest absolute Gasteiger partial charge is 0.506 e. The van der Waals surface area contributed by atoms with Crippen LogP contribution in [0.4, 0.5) is 0 Å². The van der Waals surface area contributed by atoms with Gasteiger partial charge in [-0.15, -0.1) is 0 Å². The van der Waals surface area contributed by atoms with Crippen molar-refractivity contribution in [2.45, 2.75) is 20.0 Å². The van der Waals surface area contributed by atoms with Crippen LogP contribution in [0.15, 0.2) is 36.4 Å². The second-order valence-electron chi connectivity index (χ2n) is 4.29. The van der Waals surface area contributed by atoms with Crippen LogP contribution in [0.25, 0.3) is 0 Å². The fraction of sp³-hybridized carbons (Fsp3) is 0.267. The molecule has 0 atom stereocenters. The van der Waals surface area contributed by atoms with E-state index in [0.29, 0.717) is 12.3 Å². The fourth-order valence-electron chi connectivity index (χ4n) is 1.91. The Labute approximate surface area is 107 Å². The first kappa shape index (κ1) is 12.6. The highest BCUT2D eigenvalue weighted by molar-refractivity contribution is 5.36. The second-order valence-corrected chi connectivity index (χ2v) is 4.29. The molecule has 1 aromatic heterocycles. The number of ether oxygens (including phenoxy) is 1. The maximum Gasteiger partial charge on any atom is 0.137 e. The second kappa shape index (κ2) is 5.65.